The Bertz CT molecular complexity index is 1130. The van der Waals surface area contributed by atoms with Crippen molar-refractivity contribution in [3.63, 3.8) is 0 Å². The van der Waals surface area contributed by atoms with Crippen molar-refractivity contribution >= 4 is 0 Å². The lowest BCUT2D eigenvalue weighted by atomic mass is 9.83. The number of piperidine rings is 1. The molecule has 164 valence electrons. The van der Waals surface area contributed by atoms with Crippen molar-refractivity contribution < 1.29 is 0 Å². The molecule has 0 aliphatic carbocycles. The SMILES string of the molecule is Cc1[nH]ncc1CN(C)Cc1ccc2n(c1=O)C[C@H]1C[C@@H]2CN(Cc2nc[nH]c2C)C1. The predicted octanol–water partition coefficient (Wildman–Crippen LogP) is 2.16. The minimum absolute atomic E-state index is 0.180. The Morgan fingerprint density at radius 3 is 2.71 bits per heavy atom. The largest absolute Gasteiger partial charge is 0.348 e. The maximum Gasteiger partial charge on any atom is 0.255 e. The van der Waals surface area contributed by atoms with Crippen molar-refractivity contribution in [2.45, 2.75) is 52.4 Å². The van der Waals surface area contributed by atoms with Gasteiger partial charge in [0.25, 0.3) is 5.56 Å². The van der Waals surface area contributed by atoms with Crippen molar-refractivity contribution in [2.75, 3.05) is 20.1 Å². The number of fused-ring (bicyclic) bond motifs is 4. The van der Waals surface area contributed by atoms with Gasteiger partial charge in [0.2, 0.25) is 0 Å². The molecule has 2 aliphatic rings. The fourth-order valence-electron chi connectivity index (χ4n) is 5.27. The van der Waals surface area contributed by atoms with Crippen LogP contribution in [0.3, 0.4) is 0 Å². The molecule has 2 atom stereocenters. The van der Waals surface area contributed by atoms with Crippen LogP contribution >= 0.6 is 0 Å². The lowest BCUT2D eigenvalue weighted by molar-refractivity contribution is 0.113. The van der Waals surface area contributed by atoms with Gasteiger partial charge in [-0.1, -0.05) is 6.07 Å². The lowest BCUT2D eigenvalue weighted by Crippen LogP contribution is -2.47. The van der Waals surface area contributed by atoms with Gasteiger partial charge in [0.1, 0.15) is 0 Å². The molecule has 1 fully saturated rings. The van der Waals surface area contributed by atoms with E-state index in [0.29, 0.717) is 18.4 Å². The average molecular weight is 422 g/mol. The summed E-state index contributed by atoms with van der Waals surface area (Å²) in [5.41, 5.74) is 6.77. The Labute approximate surface area is 182 Å². The lowest BCUT2D eigenvalue weighted by Gasteiger charge is -2.42. The van der Waals surface area contributed by atoms with Crippen molar-refractivity contribution in [1.29, 1.82) is 0 Å². The summed E-state index contributed by atoms with van der Waals surface area (Å²) in [6, 6.07) is 4.24. The summed E-state index contributed by atoms with van der Waals surface area (Å²) in [6.45, 7) is 9.23. The number of aromatic amines is 2. The Morgan fingerprint density at radius 2 is 1.97 bits per heavy atom. The van der Waals surface area contributed by atoms with Gasteiger partial charge in [-0.2, -0.15) is 5.10 Å². The molecule has 8 nitrogen and oxygen atoms in total. The van der Waals surface area contributed by atoms with Crippen molar-refractivity contribution in [3.8, 4) is 0 Å². The molecular weight excluding hydrogens is 390 g/mol. The van der Waals surface area contributed by atoms with E-state index in [1.54, 1.807) is 6.33 Å². The summed E-state index contributed by atoms with van der Waals surface area (Å²) in [4.78, 5) is 25.7. The first kappa shape index (κ1) is 20.2. The first-order chi connectivity index (χ1) is 15.0. The van der Waals surface area contributed by atoms with E-state index in [-0.39, 0.29) is 5.56 Å². The number of hydrogen-bond donors (Lipinski definition) is 2. The van der Waals surface area contributed by atoms with Crippen LogP contribution in [0.5, 0.6) is 0 Å². The number of H-pyrrole nitrogens is 2. The highest BCUT2D eigenvalue weighted by Gasteiger charge is 2.35. The zero-order chi connectivity index (χ0) is 21.5. The van der Waals surface area contributed by atoms with Crippen LogP contribution < -0.4 is 5.56 Å². The summed E-state index contributed by atoms with van der Waals surface area (Å²) < 4.78 is 2.06. The fraction of sp³-hybridized carbons (Fsp3) is 0.522. The zero-order valence-electron chi connectivity index (χ0n) is 18.6. The third-order valence-electron chi connectivity index (χ3n) is 6.88. The molecule has 0 saturated carbocycles. The first-order valence-electron chi connectivity index (χ1n) is 11.1. The van der Waals surface area contributed by atoms with Gasteiger partial charge in [-0.05, 0) is 39.3 Å². The number of rotatable bonds is 6. The number of likely N-dealkylation sites (tertiary alicyclic amines) is 1. The van der Waals surface area contributed by atoms with E-state index in [0.717, 1.165) is 55.4 Å². The molecule has 0 aromatic carbocycles. The fourth-order valence-corrected chi connectivity index (χ4v) is 5.27. The molecule has 0 radical (unpaired) electrons. The van der Waals surface area contributed by atoms with Gasteiger partial charge in [-0.25, -0.2) is 4.98 Å². The van der Waals surface area contributed by atoms with E-state index >= 15 is 0 Å². The predicted molar refractivity (Wildman–Crippen MR) is 119 cm³/mol. The number of hydrogen-bond acceptors (Lipinski definition) is 5. The van der Waals surface area contributed by atoms with Crippen LogP contribution in [0, 0.1) is 19.8 Å². The summed E-state index contributed by atoms with van der Waals surface area (Å²) in [6.07, 6.45) is 4.81. The maximum absolute atomic E-state index is 13.3. The minimum atomic E-state index is 0.180. The van der Waals surface area contributed by atoms with Gasteiger partial charge in [0.15, 0.2) is 0 Å². The van der Waals surface area contributed by atoms with Crippen molar-refractivity contribution in [3.05, 3.63) is 68.9 Å². The van der Waals surface area contributed by atoms with Gasteiger partial charge in [0.05, 0.1) is 18.2 Å². The number of pyridine rings is 1. The molecule has 0 amide bonds. The molecule has 2 bridgehead atoms. The number of nitrogens with one attached hydrogen (secondary N) is 2. The number of aryl methyl sites for hydroxylation is 2. The highest BCUT2D eigenvalue weighted by atomic mass is 16.1. The Morgan fingerprint density at radius 1 is 1.13 bits per heavy atom. The zero-order valence-corrected chi connectivity index (χ0v) is 18.6. The van der Waals surface area contributed by atoms with E-state index in [1.807, 2.05) is 19.2 Å². The third kappa shape index (κ3) is 3.97. The van der Waals surface area contributed by atoms with Gasteiger partial charge >= 0.3 is 0 Å². The van der Waals surface area contributed by atoms with Crippen LogP contribution in [-0.2, 0) is 26.2 Å². The van der Waals surface area contributed by atoms with E-state index < -0.39 is 0 Å². The molecule has 8 heteroatoms. The maximum atomic E-state index is 13.3. The molecule has 31 heavy (non-hydrogen) atoms. The molecule has 2 aliphatic heterocycles. The smallest absolute Gasteiger partial charge is 0.255 e. The number of imidazole rings is 1. The Kier molecular flexibility index (Phi) is 5.27. The Balaban J connectivity index is 1.31. The second kappa shape index (κ2) is 8.09. The third-order valence-corrected chi connectivity index (χ3v) is 6.88. The number of nitrogens with zero attached hydrogens (tertiary/aromatic N) is 5. The van der Waals surface area contributed by atoms with Crippen molar-refractivity contribution in [1.82, 2.24) is 34.5 Å². The molecule has 0 spiro atoms. The van der Waals surface area contributed by atoms with Gasteiger partial charge < -0.3 is 9.55 Å². The molecule has 2 N–H and O–H groups in total. The molecule has 5 rings (SSSR count). The van der Waals surface area contributed by atoms with Crippen molar-refractivity contribution in [2.24, 2.45) is 5.92 Å². The van der Waals surface area contributed by atoms with E-state index in [1.165, 1.54) is 17.7 Å². The standard InChI is InChI=1S/C23H31N7O/c1-15-20(7-26-27-15)11-28(3)10-18-4-5-22-19-6-17(9-30(22)23(18)31)8-29(12-19)13-21-16(2)24-14-25-21/h4-5,7,14,17,19H,6,8-13H2,1-3H3,(H,24,25)(H,26,27)/t17-,19+/m0/s1. The normalized spacial score (nSPS) is 20.9. The number of aromatic nitrogens is 5. The summed E-state index contributed by atoms with van der Waals surface area (Å²) >= 11 is 0. The summed E-state index contributed by atoms with van der Waals surface area (Å²) in [5, 5.41) is 7.08. The monoisotopic (exact) mass is 421 g/mol. The molecule has 5 heterocycles. The second-order valence-electron chi connectivity index (χ2n) is 9.36. The molecule has 3 aromatic heterocycles. The minimum Gasteiger partial charge on any atom is -0.348 e. The second-order valence-corrected chi connectivity index (χ2v) is 9.36. The van der Waals surface area contributed by atoms with E-state index in [4.69, 9.17) is 0 Å². The highest BCUT2D eigenvalue weighted by molar-refractivity contribution is 5.23. The van der Waals surface area contributed by atoms with Crippen LogP contribution in [0.1, 0.15) is 46.2 Å². The van der Waals surface area contributed by atoms with Crippen LogP contribution in [0.2, 0.25) is 0 Å². The van der Waals surface area contributed by atoms with Gasteiger partial charge in [-0.15, -0.1) is 0 Å². The molecule has 3 aromatic rings. The average Bonchev–Trinajstić information content (AvgIpc) is 3.32. The topological polar surface area (TPSA) is 85.8 Å². The van der Waals surface area contributed by atoms with Crippen LogP contribution in [0.25, 0.3) is 0 Å². The van der Waals surface area contributed by atoms with Gasteiger partial charge in [0, 0.05) is 73.4 Å². The van der Waals surface area contributed by atoms with Crippen LogP contribution in [0.4, 0.5) is 0 Å². The van der Waals surface area contributed by atoms with Crippen LogP contribution in [0.15, 0.2) is 29.5 Å². The van der Waals surface area contributed by atoms with E-state index in [2.05, 4.69) is 54.6 Å². The summed E-state index contributed by atoms with van der Waals surface area (Å²) in [7, 11) is 2.06. The van der Waals surface area contributed by atoms with E-state index in [9.17, 15) is 4.79 Å². The van der Waals surface area contributed by atoms with Crippen LogP contribution in [-0.4, -0.2) is 54.7 Å². The summed E-state index contributed by atoms with van der Waals surface area (Å²) in [5.74, 6) is 0.935. The highest BCUT2D eigenvalue weighted by Crippen LogP contribution is 2.35. The molecule has 0 unspecified atom stereocenters. The first-order valence-corrected chi connectivity index (χ1v) is 11.1. The quantitative estimate of drug-likeness (QED) is 0.637. The molecular formula is C23H31N7O. The molecule has 1 saturated heterocycles. The van der Waals surface area contributed by atoms with Gasteiger partial charge in [-0.3, -0.25) is 19.7 Å². The Hall–Kier alpha value is -2.71.